The van der Waals surface area contributed by atoms with Crippen molar-refractivity contribution in [3.63, 3.8) is 0 Å². The van der Waals surface area contributed by atoms with Gasteiger partial charge in [0.2, 0.25) is 0 Å². The first-order valence-corrected chi connectivity index (χ1v) is 6.84. The summed E-state index contributed by atoms with van der Waals surface area (Å²) < 4.78 is 1.12. The maximum absolute atomic E-state index is 3.69. The lowest BCUT2D eigenvalue weighted by molar-refractivity contribution is 1.19. The van der Waals surface area contributed by atoms with Gasteiger partial charge in [0.1, 0.15) is 0 Å². The van der Waals surface area contributed by atoms with E-state index in [-0.39, 0.29) is 0 Å². The molecule has 2 rings (SSSR count). The Balaban J connectivity index is 2.28. The van der Waals surface area contributed by atoms with Crippen molar-refractivity contribution in [1.29, 1.82) is 0 Å². The molecule has 14 heavy (non-hydrogen) atoms. The van der Waals surface area contributed by atoms with E-state index in [1.807, 2.05) is 0 Å². The smallest absolute Gasteiger partial charge is 0.0652 e. The molecule has 0 bridgehead atoms. The van der Waals surface area contributed by atoms with Crippen molar-refractivity contribution >= 4 is 43.2 Å². The predicted molar refractivity (Wildman–Crippen MR) is 69.2 cm³/mol. The third-order valence-electron chi connectivity index (χ3n) is 2.00. The van der Waals surface area contributed by atoms with Gasteiger partial charge in [-0.05, 0) is 40.1 Å². The Labute approximate surface area is 104 Å². The second-order valence-electron chi connectivity index (χ2n) is 2.97. The van der Waals surface area contributed by atoms with Crippen LogP contribution in [0.25, 0.3) is 0 Å². The fourth-order valence-electron chi connectivity index (χ4n) is 1.24. The molecule has 0 spiro atoms. The van der Waals surface area contributed by atoms with Gasteiger partial charge in [-0.3, -0.25) is 0 Å². The van der Waals surface area contributed by atoms with E-state index in [2.05, 4.69) is 73.0 Å². The quantitative estimate of drug-likeness (QED) is 0.680. The molecular weight excluding hydrogens is 324 g/mol. The molecule has 0 N–H and O–H groups in total. The van der Waals surface area contributed by atoms with Crippen LogP contribution in [0, 0.1) is 0 Å². The summed E-state index contributed by atoms with van der Waals surface area (Å²) in [7, 11) is 0. The summed E-state index contributed by atoms with van der Waals surface area (Å²) in [5.74, 6) is 0. The molecular formula is C11H8Br2S. The van der Waals surface area contributed by atoms with Gasteiger partial charge in [0.05, 0.1) is 4.83 Å². The van der Waals surface area contributed by atoms with Gasteiger partial charge in [0, 0.05) is 4.47 Å². The van der Waals surface area contributed by atoms with Crippen molar-refractivity contribution in [2.75, 3.05) is 0 Å². The normalized spacial score (nSPS) is 12.7. The van der Waals surface area contributed by atoms with Crippen molar-refractivity contribution < 1.29 is 0 Å². The number of thiophene rings is 1. The van der Waals surface area contributed by atoms with E-state index in [1.54, 1.807) is 11.3 Å². The second kappa shape index (κ2) is 4.60. The molecule has 0 nitrogen and oxygen atoms in total. The maximum Gasteiger partial charge on any atom is 0.0652 e. The molecule has 0 amide bonds. The fraction of sp³-hybridized carbons (Fsp3) is 0.0909. The molecule has 2 aromatic rings. The molecule has 0 saturated carbocycles. The van der Waals surface area contributed by atoms with E-state index in [0.717, 1.165) is 4.47 Å². The topological polar surface area (TPSA) is 0 Å². The zero-order valence-corrected chi connectivity index (χ0v) is 11.3. The van der Waals surface area contributed by atoms with Gasteiger partial charge < -0.3 is 0 Å². The first-order valence-electron chi connectivity index (χ1n) is 4.19. The van der Waals surface area contributed by atoms with Crippen molar-refractivity contribution in [2.24, 2.45) is 0 Å². The van der Waals surface area contributed by atoms with Crippen LogP contribution < -0.4 is 0 Å². The molecule has 1 aromatic heterocycles. The first-order chi connectivity index (χ1) is 6.77. The van der Waals surface area contributed by atoms with Crippen molar-refractivity contribution in [3.05, 3.63) is 56.7 Å². The Morgan fingerprint density at radius 1 is 1.00 bits per heavy atom. The summed E-state index contributed by atoms with van der Waals surface area (Å²) >= 11 is 8.85. The standard InChI is InChI=1S/C11H8Br2S/c12-10-3-1-8(2-4-10)11(13)9-5-6-14-7-9/h1-7,11H. The third-order valence-corrected chi connectivity index (χ3v) is 4.29. The molecule has 72 valence electrons. The zero-order chi connectivity index (χ0) is 9.97. The number of benzene rings is 1. The average molecular weight is 332 g/mol. The first kappa shape index (κ1) is 10.4. The highest BCUT2D eigenvalue weighted by Gasteiger charge is 2.09. The van der Waals surface area contributed by atoms with Crippen molar-refractivity contribution in [3.8, 4) is 0 Å². The van der Waals surface area contributed by atoms with Gasteiger partial charge in [0.25, 0.3) is 0 Å². The molecule has 3 heteroatoms. The average Bonchev–Trinajstić information content (AvgIpc) is 2.71. The lowest BCUT2D eigenvalue weighted by Gasteiger charge is -2.07. The molecule has 0 saturated heterocycles. The highest BCUT2D eigenvalue weighted by atomic mass is 79.9. The van der Waals surface area contributed by atoms with E-state index in [0.29, 0.717) is 4.83 Å². The van der Waals surface area contributed by atoms with Crippen LogP contribution in [-0.4, -0.2) is 0 Å². The van der Waals surface area contributed by atoms with Crippen LogP contribution >= 0.6 is 43.2 Å². The minimum Gasteiger partial charge on any atom is -0.152 e. The molecule has 0 radical (unpaired) electrons. The Morgan fingerprint density at radius 3 is 2.29 bits per heavy atom. The third kappa shape index (κ3) is 2.27. The minimum atomic E-state index is 0.307. The minimum absolute atomic E-state index is 0.307. The van der Waals surface area contributed by atoms with Gasteiger partial charge in [-0.2, -0.15) is 11.3 Å². The molecule has 1 unspecified atom stereocenters. The number of hydrogen-bond acceptors (Lipinski definition) is 1. The van der Waals surface area contributed by atoms with Crippen LogP contribution in [0.15, 0.2) is 45.6 Å². The van der Waals surface area contributed by atoms with Crippen LogP contribution in [0.4, 0.5) is 0 Å². The van der Waals surface area contributed by atoms with Gasteiger partial charge in [-0.1, -0.05) is 44.0 Å². The Hall–Kier alpha value is -0.120. The summed E-state index contributed by atoms with van der Waals surface area (Å²) in [6, 6.07) is 10.5. The maximum atomic E-state index is 3.69. The van der Waals surface area contributed by atoms with Gasteiger partial charge in [-0.15, -0.1) is 0 Å². The number of rotatable bonds is 2. The zero-order valence-electron chi connectivity index (χ0n) is 7.28. The molecule has 0 aliphatic rings. The van der Waals surface area contributed by atoms with Crippen LogP contribution in [0.3, 0.4) is 0 Å². The van der Waals surface area contributed by atoms with Crippen LogP contribution in [0.5, 0.6) is 0 Å². The van der Waals surface area contributed by atoms with E-state index in [1.165, 1.54) is 11.1 Å². The highest BCUT2D eigenvalue weighted by Crippen LogP contribution is 2.32. The van der Waals surface area contributed by atoms with Crippen LogP contribution in [0.2, 0.25) is 0 Å². The predicted octanol–water partition coefficient (Wildman–Crippen LogP) is 4.99. The summed E-state index contributed by atoms with van der Waals surface area (Å²) in [5.41, 5.74) is 2.60. The molecule has 1 aromatic carbocycles. The largest absolute Gasteiger partial charge is 0.152 e. The van der Waals surface area contributed by atoms with E-state index >= 15 is 0 Å². The van der Waals surface area contributed by atoms with E-state index < -0.39 is 0 Å². The lowest BCUT2D eigenvalue weighted by Crippen LogP contribution is -1.89. The van der Waals surface area contributed by atoms with E-state index in [4.69, 9.17) is 0 Å². The van der Waals surface area contributed by atoms with Crippen molar-refractivity contribution in [2.45, 2.75) is 4.83 Å². The number of halogens is 2. The molecule has 1 atom stereocenters. The molecule has 0 aliphatic heterocycles. The second-order valence-corrected chi connectivity index (χ2v) is 5.58. The molecule has 0 fully saturated rings. The lowest BCUT2D eigenvalue weighted by atomic mass is 10.1. The Kier molecular flexibility index (Phi) is 3.42. The summed E-state index contributed by atoms with van der Waals surface area (Å²) in [5, 5.41) is 4.27. The van der Waals surface area contributed by atoms with Crippen LogP contribution in [0.1, 0.15) is 16.0 Å². The summed E-state index contributed by atoms with van der Waals surface area (Å²) in [4.78, 5) is 0.307. The SMILES string of the molecule is Brc1ccc(C(Br)c2ccsc2)cc1. The monoisotopic (exact) mass is 330 g/mol. The van der Waals surface area contributed by atoms with Gasteiger partial charge in [-0.25, -0.2) is 0 Å². The fourth-order valence-corrected chi connectivity index (χ4v) is 2.96. The van der Waals surface area contributed by atoms with E-state index in [9.17, 15) is 0 Å². The van der Waals surface area contributed by atoms with Crippen molar-refractivity contribution in [1.82, 2.24) is 0 Å². The van der Waals surface area contributed by atoms with Gasteiger partial charge >= 0.3 is 0 Å². The number of hydrogen-bond donors (Lipinski definition) is 0. The molecule has 0 aliphatic carbocycles. The molecule has 1 heterocycles. The van der Waals surface area contributed by atoms with Crippen LogP contribution in [-0.2, 0) is 0 Å². The highest BCUT2D eigenvalue weighted by molar-refractivity contribution is 9.10. The number of alkyl halides is 1. The Morgan fingerprint density at radius 2 is 1.71 bits per heavy atom. The summed E-state index contributed by atoms with van der Waals surface area (Å²) in [6.45, 7) is 0. The summed E-state index contributed by atoms with van der Waals surface area (Å²) in [6.07, 6.45) is 0. The Bertz CT molecular complexity index is 392. The van der Waals surface area contributed by atoms with Gasteiger partial charge in [0.15, 0.2) is 0 Å².